The molecule has 6 heteroatoms. The number of benzene rings is 2. The minimum Gasteiger partial charge on any atom is -0.366 e. The number of nitrogens with one attached hydrogen (secondary N) is 2. The van der Waals surface area contributed by atoms with E-state index in [-0.39, 0.29) is 0 Å². The number of aromatic nitrogens is 2. The summed E-state index contributed by atoms with van der Waals surface area (Å²) in [5.74, 6) is 1.39. The Hall–Kier alpha value is -2.30. The summed E-state index contributed by atoms with van der Waals surface area (Å²) in [6, 6.07) is 17.2. The third-order valence-electron chi connectivity index (χ3n) is 3.18. The highest BCUT2D eigenvalue weighted by molar-refractivity contribution is 6.36. The predicted octanol–water partition coefficient (Wildman–Crippen LogP) is 5.14. The van der Waals surface area contributed by atoms with Crippen molar-refractivity contribution in [2.45, 2.75) is 6.54 Å². The van der Waals surface area contributed by atoms with E-state index in [1.54, 1.807) is 12.1 Å². The number of nitrogens with zero attached hydrogens (tertiary/aromatic N) is 2. The van der Waals surface area contributed by atoms with Crippen LogP contribution in [0.25, 0.3) is 0 Å². The van der Waals surface area contributed by atoms with Crippen molar-refractivity contribution in [1.29, 1.82) is 0 Å². The molecular formula is C17H14Cl2N4. The zero-order chi connectivity index (χ0) is 16.1. The highest BCUT2D eigenvalue weighted by Crippen LogP contribution is 2.27. The Bertz CT molecular complexity index is 794. The first-order chi connectivity index (χ1) is 11.2. The van der Waals surface area contributed by atoms with Crippen molar-refractivity contribution in [1.82, 2.24) is 9.97 Å². The minimum atomic E-state index is 0.537. The quantitative estimate of drug-likeness (QED) is 0.672. The van der Waals surface area contributed by atoms with Crippen LogP contribution in [0.2, 0.25) is 10.0 Å². The summed E-state index contributed by atoms with van der Waals surface area (Å²) >= 11 is 12.1. The van der Waals surface area contributed by atoms with Crippen LogP contribution in [0.3, 0.4) is 0 Å². The molecule has 0 radical (unpaired) electrons. The van der Waals surface area contributed by atoms with E-state index in [2.05, 4.69) is 32.7 Å². The zero-order valence-corrected chi connectivity index (χ0v) is 13.6. The molecule has 0 saturated carbocycles. The molecule has 0 bridgehead atoms. The van der Waals surface area contributed by atoms with E-state index in [9.17, 15) is 0 Å². The van der Waals surface area contributed by atoms with Gasteiger partial charge in [-0.1, -0.05) is 53.5 Å². The van der Waals surface area contributed by atoms with E-state index < -0.39 is 0 Å². The van der Waals surface area contributed by atoms with E-state index >= 15 is 0 Å². The smallest absolute Gasteiger partial charge is 0.135 e. The minimum absolute atomic E-state index is 0.537. The second-order valence-corrected chi connectivity index (χ2v) is 5.72. The molecule has 0 aliphatic carbocycles. The van der Waals surface area contributed by atoms with Crippen molar-refractivity contribution < 1.29 is 0 Å². The molecule has 0 spiro atoms. The summed E-state index contributed by atoms with van der Waals surface area (Å²) in [4.78, 5) is 8.42. The van der Waals surface area contributed by atoms with Gasteiger partial charge in [0.05, 0.1) is 10.7 Å². The van der Waals surface area contributed by atoms with Gasteiger partial charge in [0.25, 0.3) is 0 Å². The molecule has 0 fully saturated rings. The van der Waals surface area contributed by atoms with Crippen LogP contribution in [-0.2, 0) is 6.54 Å². The molecule has 0 aliphatic rings. The van der Waals surface area contributed by atoms with Crippen LogP contribution in [0, 0.1) is 0 Å². The first-order valence-corrected chi connectivity index (χ1v) is 7.78. The maximum Gasteiger partial charge on any atom is 0.135 e. The largest absolute Gasteiger partial charge is 0.366 e. The first-order valence-electron chi connectivity index (χ1n) is 7.02. The summed E-state index contributed by atoms with van der Waals surface area (Å²) in [5, 5.41) is 7.55. The zero-order valence-electron chi connectivity index (χ0n) is 12.1. The lowest BCUT2D eigenvalue weighted by Gasteiger charge is -2.10. The lowest BCUT2D eigenvalue weighted by atomic mass is 10.2. The van der Waals surface area contributed by atoms with Gasteiger partial charge in [-0.2, -0.15) is 0 Å². The molecule has 4 nitrogen and oxygen atoms in total. The van der Waals surface area contributed by atoms with Crippen LogP contribution in [-0.4, -0.2) is 9.97 Å². The summed E-state index contributed by atoms with van der Waals surface area (Å²) < 4.78 is 0. The van der Waals surface area contributed by atoms with Gasteiger partial charge in [-0.3, -0.25) is 0 Å². The molecule has 0 amide bonds. The van der Waals surface area contributed by atoms with Crippen molar-refractivity contribution in [3.8, 4) is 0 Å². The molecule has 0 unspecified atom stereocenters. The lowest BCUT2D eigenvalue weighted by molar-refractivity contribution is 1.08. The Morgan fingerprint density at radius 2 is 1.65 bits per heavy atom. The van der Waals surface area contributed by atoms with Gasteiger partial charge in [-0.15, -0.1) is 0 Å². The third kappa shape index (κ3) is 4.34. The molecule has 23 heavy (non-hydrogen) atoms. The number of halogens is 2. The number of hydrogen-bond donors (Lipinski definition) is 2. The molecule has 116 valence electrons. The Morgan fingerprint density at radius 1 is 0.870 bits per heavy atom. The topological polar surface area (TPSA) is 49.8 Å². The molecule has 1 aromatic heterocycles. The van der Waals surface area contributed by atoms with Gasteiger partial charge < -0.3 is 10.6 Å². The molecule has 0 saturated heterocycles. The molecule has 3 aromatic rings. The van der Waals surface area contributed by atoms with Crippen LogP contribution in [0.5, 0.6) is 0 Å². The molecule has 2 aromatic carbocycles. The van der Waals surface area contributed by atoms with Crippen molar-refractivity contribution in [2.75, 3.05) is 10.6 Å². The first kappa shape index (κ1) is 15.6. The van der Waals surface area contributed by atoms with Gasteiger partial charge in [0.15, 0.2) is 0 Å². The van der Waals surface area contributed by atoms with E-state index in [1.807, 2.05) is 30.3 Å². The van der Waals surface area contributed by atoms with Crippen molar-refractivity contribution in [2.24, 2.45) is 0 Å². The second-order valence-electron chi connectivity index (χ2n) is 4.88. The summed E-state index contributed by atoms with van der Waals surface area (Å²) in [7, 11) is 0. The number of rotatable bonds is 5. The van der Waals surface area contributed by atoms with Gasteiger partial charge in [0, 0.05) is 17.6 Å². The number of anilines is 3. The Labute approximate surface area is 144 Å². The normalized spacial score (nSPS) is 10.3. The highest BCUT2D eigenvalue weighted by atomic mass is 35.5. The van der Waals surface area contributed by atoms with Gasteiger partial charge in [-0.05, 0) is 23.8 Å². The van der Waals surface area contributed by atoms with Crippen LogP contribution in [0.15, 0.2) is 60.9 Å². The van der Waals surface area contributed by atoms with Crippen LogP contribution >= 0.6 is 23.2 Å². The highest BCUT2D eigenvalue weighted by Gasteiger charge is 2.04. The average molecular weight is 345 g/mol. The average Bonchev–Trinajstić information content (AvgIpc) is 2.57. The fraction of sp³-hybridized carbons (Fsp3) is 0.0588. The maximum atomic E-state index is 6.15. The van der Waals surface area contributed by atoms with Crippen LogP contribution < -0.4 is 10.6 Å². The standard InChI is InChI=1S/C17H14Cl2N4/c18-13-6-7-15(14(19)8-13)23-17-9-16(21-11-22-17)20-10-12-4-2-1-3-5-12/h1-9,11H,10H2,(H2,20,21,22,23). The number of hydrogen-bond acceptors (Lipinski definition) is 4. The van der Waals surface area contributed by atoms with Crippen molar-refractivity contribution >= 4 is 40.5 Å². The lowest BCUT2D eigenvalue weighted by Crippen LogP contribution is -2.03. The molecule has 1 heterocycles. The molecule has 0 aliphatic heterocycles. The van der Waals surface area contributed by atoms with E-state index in [0.717, 1.165) is 11.5 Å². The molecule has 3 rings (SSSR count). The van der Waals surface area contributed by atoms with Gasteiger partial charge >= 0.3 is 0 Å². The summed E-state index contributed by atoms with van der Waals surface area (Å²) in [6.07, 6.45) is 1.50. The fourth-order valence-electron chi connectivity index (χ4n) is 2.04. The SMILES string of the molecule is Clc1ccc(Nc2cc(NCc3ccccc3)ncn2)c(Cl)c1. The van der Waals surface area contributed by atoms with E-state index in [1.165, 1.54) is 11.9 Å². The van der Waals surface area contributed by atoms with E-state index in [4.69, 9.17) is 23.2 Å². The van der Waals surface area contributed by atoms with Gasteiger partial charge in [0.1, 0.15) is 18.0 Å². The fourth-order valence-corrected chi connectivity index (χ4v) is 2.50. The van der Waals surface area contributed by atoms with E-state index in [0.29, 0.717) is 22.4 Å². The van der Waals surface area contributed by atoms with Crippen LogP contribution in [0.4, 0.5) is 17.3 Å². The molecule has 2 N–H and O–H groups in total. The van der Waals surface area contributed by atoms with Gasteiger partial charge in [-0.25, -0.2) is 9.97 Å². The summed E-state index contributed by atoms with van der Waals surface area (Å²) in [6.45, 7) is 0.693. The monoisotopic (exact) mass is 344 g/mol. The molecular weight excluding hydrogens is 331 g/mol. The molecule has 0 atom stereocenters. The van der Waals surface area contributed by atoms with Crippen molar-refractivity contribution in [3.05, 3.63) is 76.5 Å². The maximum absolute atomic E-state index is 6.15. The Kier molecular flexibility index (Phi) is 4.95. The third-order valence-corrected chi connectivity index (χ3v) is 3.73. The van der Waals surface area contributed by atoms with Crippen LogP contribution in [0.1, 0.15) is 5.56 Å². The summed E-state index contributed by atoms with van der Waals surface area (Å²) in [5.41, 5.74) is 1.92. The Balaban J connectivity index is 1.69. The van der Waals surface area contributed by atoms with Crippen molar-refractivity contribution in [3.63, 3.8) is 0 Å². The Morgan fingerprint density at radius 3 is 2.43 bits per heavy atom. The second kappa shape index (κ2) is 7.31. The predicted molar refractivity (Wildman–Crippen MR) is 95.5 cm³/mol. The van der Waals surface area contributed by atoms with Gasteiger partial charge in [0.2, 0.25) is 0 Å².